The molecule has 0 saturated carbocycles. The molecule has 94 valence electrons. The van der Waals surface area contributed by atoms with Crippen LogP contribution in [0, 0.1) is 0 Å². The highest BCUT2D eigenvalue weighted by atomic mass is 32.1. The van der Waals surface area contributed by atoms with Crippen LogP contribution in [0.15, 0.2) is 41.2 Å². The maximum atomic E-state index is 11.8. The molecule has 0 spiro atoms. The number of aromatic nitrogens is 1. The summed E-state index contributed by atoms with van der Waals surface area (Å²) < 4.78 is 0. The van der Waals surface area contributed by atoms with Gasteiger partial charge >= 0.3 is 0 Å². The minimum Gasteiger partial charge on any atom is -0.349 e. The van der Waals surface area contributed by atoms with Gasteiger partial charge in [-0.1, -0.05) is 30.3 Å². The smallest absolute Gasteiger partial charge is 0.233 e. The van der Waals surface area contributed by atoms with Crippen LogP contribution in [0.2, 0.25) is 0 Å². The summed E-state index contributed by atoms with van der Waals surface area (Å²) in [7, 11) is 0. The van der Waals surface area contributed by atoms with Crippen LogP contribution in [0.5, 0.6) is 0 Å². The third-order valence-corrected chi connectivity index (χ3v) is 3.55. The van der Waals surface area contributed by atoms with Crippen molar-refractivity contribution in [2.75, 3.05) is 0 Å². The van der Waals surface area contributed by atoms with Crippen molar-refractivity contribution >= 4 is 29.9 Å². The van der Waals surface area contributed by atoms with E-state index in [0.717, 1.165) is 11.3 Å². The van der Waals surface area contributed by atoms with Crippen molar-refractivity contribution in [1.29, 1.82) is 0 Å². The molecular formula is C13H14N2OS2. The van der Waals surface area contributed by atoms with Gasteiger partial charge in [-0.3, -0.25) is 4.79 Å². The Balaban J connectivity index is 1.82. The van der Waals surface area contributed by atoms with E-state index in [1.165, 1.54) is 11.3 Å². The number of thiazole rings is 1. The van der Waals surface area contributed by atoms with Gasteiger partial charge in [0.1, 0.15) is 0 Å². The summed E-state index contributed by atoms with van der Waals surface area (Å²) in [6, 6.07) is 9.87. The van der Waals surface area contributed by atoms with E-state index in [1.807, 2.05) is 35.7 Å². The highest BCUT2D eigenvalue weighted by Gasteiger charge is 2.14. The van der Waals surface area contributed by atoms with Crippen LogP contribution >= 0.6 is 24.0 Å². The summed E-state index contributed by atoms with van der Waals surface area (Å²) in [5.41, 5.74) is 3.75. The Labute approximate surface area is 116 Å². The Hall–Kier alpha value is -1.33. The van der Waals surface area contributed by atoms with E-state index in [0.29, 0.717) is 13.0 Å². The van der Waals surface area contributed by atoms with E-state index in [9.17, 15) is 4.79 Å². The van der Waals surface area contributed by atoms with Crippen LogP contribution in [-0.4, -0.2) is 16.1 Å². The zero-order valence-electron chi connectivity index (χ0n) is 9.74. The van der Waals surface area contributed by atoms with Crippen molar-refractivity contribution in [2.24, 2.45) is 0 Å². The predicted molar refractivity (Wildman–Crippen MR) is 76.9 cm³/mol. The highest BCUT2D eigenvalue weighted by molar-refractivity contribution is 7.81. The molecule has 1 N–H and O–H groups in total. The molecule has 1 unspecified atom stereocenters. The third kappa shape index (κ3) is 3.85. The number of hydrogen-bond acceptors (Lipinski definition) is 4. The van der Waals surface area contributed by atoms with E-state index in [2.05, 4.69) is 22.9 Å². The van der Waals surface area contributed by atoms with E-state index in [-0.39, 0.29) is 11.2 Å². The standard InChI is InChI=1S/C13H14N2OS2/c16-13(14-7-11-8-18-9-15-11)12(17)6-10-4-2-1-3-5-10/h1-5,8-9,12,17H,6-7H2,(H,14,16). The molecule has 1 amide bonds. The molecule has 0 saturated heterocycles. The second-order valence-electron chi connectivity index (χ2n) is 3.90. The fourth-order valence-corrected chi connectivity index (χ4v) is 2.41. The first-order valence-electron chi connectivity index (χ1n) is 5.62. The number of benzene rings is 1. The van der Waals surface area contributed by atoms with Crippen LogP contribution in [0.3, 0.4) is 0 Å². The molecule has 0 aliphatic heterocycles. The molecule has 1 aromatic carbocycles. The van der Waals surface area contributed by atoms with Gasteiger partial charge in [-0.25, -0.2) is 4.98 Å². The molecule has 5 heteroatoms. The van der Waals surface area contributed by atoms with Crippen LogP contribution in [0.25, 0.3) is 0 Å². The Morgan fingerprint density at radius 1 is 1.39 bits per heavy atom. The first-order chi connectivity index (χ1) is 8.75. The fourth-order valence-electron chi connectivity index (χ4n) is 1.55. The zero-order chi connectivity index (χ0) is 12.8. The van der Waals surface area contributed by atoms with E-state index >= 15 is 0 Å². The molecular weight excluding hydrogens is 264 g/mol. The topological polar surface area (TPSA) is 42.0 Å². The highest BCUT2D eigenvalue weighted by Crippen LogP contribution is 2.08. The minimum atomic E-state index is -0.328. The number of thiol groups is 1. The quantitative estimate of drug-likeness (QED) is 0.824. The Kier molecular flexibility index (Phi) is 4.78. The maximum absolute atomic E-state index is 11.8. The average molecular weight is 278 g/mol. The molecule has 0 radical (unpaired) electrons. The van der Waals surface area contributed by atoms with Gasteiger partial charge in [-0.2, -0.15) is 12.6 Å². The Morgan fingerprint density at radius 3 is 2.83 bits per heavy atom. The van der Waals surface area contributed by atoms with Crippen LogP contribution in [-0.2, 0) is 17.8 Å². The number of hydrogen-bond donors (Lipinski definition) is 2. The Bertz CT molecular complexity index is 485. The maximum Gasteiger partial charge on any atom is 0.233 e. The van der Waals surface area contributed by atoms with Gasteiger partial charge in [-0.15, -0.1) is 11.3 Å². The second kappa shape index (κ2) is 6.56. The number of rotatable bonds is 5. The van der Waals surface area contributed by atoms with Crippen LogP contribution in [0.4, 0.5) is 0 Å². The molecule has 0 aliphatic rings. The lowest BCUT2D eigenvalue weighted by atomic mass is 10.1. The SMILES string of the molecule is O=C(NCc1cscn1)C(S)Cc1ccccc1. The molecule has 0 fully saturated rings. The van der Waals surface area contributed by atoms with Crippen LogP contribution in [0.1, 0.15) is 11.3 Å². The van der Waals surface area contributed by atoms with Crippen LogP contribution < -0.4 is 5.32 Å². The molecule has 1 atom stereocenters. The van der Waals surface area contributed by atoms with Gasteiger partial charge in [-0.05, 0) is 12.0 Å². The number of carbonyl (C=O) groups excluding carboxylic acids is 1. The van der Waals surface area contributed by atoms with Gasteiger partial charge in [0.05, 0.1) is 23.0 Å². The van der Waals surface area contributed by atoms with Gasteiger partial charge < -0.3 is 5.32 Å². The predicted octanol–water partition coefficient (Wildman–Crippen LogP) is 2.30. The van der Waals surface area contributed by atoms with Crippen molar-refractivity contribution in [3.63, 3.8) is 0 Å². The molecule has 1 aromatic heterocycles. The molecule has 18 heavy (non-hydrogen) atoms. The average Bonchev–Trinajstić information content (AvgIpc) is 2.90. The van der Waals surface area contributed by atoms with Gasteiger partial charge in [0.2, 0.25) is 5.91 Å². The molecule has 1 heterocycles. The second-order valence-corrected chi connectivity index (χ2v) is 5.25. The summed E-state index contributed by atoms with van der Waals surface area (Å²) in [5.74, 6) is -0.0600. The normalized spacial score (nSPS) is 12.1. The first kappa shape index (κ1) is 13.1. The summed E-state index contributed by atoms with van der Waals surface area (Å²) in [6.45, 7) is 0.466. The minimum absolute atomic E-state index is 0.0600. The fraction of sp³-hybridized carbons (Fsp3) is 0.231. The van der Waals surface area contributed by atoms with Crippen molar-refractivity contribution in [3.05, 3.63) is 52.5 Å². The first-order valence-corrected chi connectivity index (χ1v) is 7.08. The van der Waals surface area contributed by atoms with Gasteiger partial charge in [0, 0.05) is 5.38 Å². The number of nitrogens with one attached hydrogen (secondary N) is 1. The van der Waals surface area contributed by atoms with Crippen molar-refractivity contribution in [1.82, 2.24) is 10.3 Å². The molecule has 2 rings (SSSR count). The molecule has 0 bridgehead atoms. The molecule has 3 nitrogen and oxygen atoms in total. The lowest BCUT2D eigenvalue weighted by Crippen LogP contribution is -2.32. The number of amides is 1. The monoisotopic (exact) mass is 278 g/mol. The number of carbonyl (C=O) groups is 1. The van der Waals surface area contributed by atoms with E-state index in [1.54, 1.807) is 5.51 Å². The lowest BCUT2D eigenvalue weighted by Gasteiger charge is -2.10. The van der Waals surface area contributed by atoms with Crippen molar-refractivity contribution in [3.8, 4) is 0 Å². The van der Waals surface area contributed by atoms with E-state index < -0.39 is 0 Å². The lowest BCUT2D eigenvalue weighted by molar-refractivity contribution is -0.120. The summed E-state index contributed by atoms with van der Waals surface area (Å²) in [4.78, 5) is 15.9. The van der Waals surface area contributed by atoms with Gasteiger partial charge in [0.15, 0.2) is 0 Å². The van der Waals surface area contributed by atoms with Gasteiger partial charge in [0.25, 0.3) is 0 Å². The van der Waals surface area contributed by atoms with E-state index in [4.69, 9.17) is 0 Å². The third-order valence-electron chi connectivity index (χ3n) is 2.50. The molecule has 2 aromatic rings. The summed E-state index contributed by atoms with van der Waals surface area (Å²) in [6.07, 6.45) is 0.632. The summed E-state index contributed by atoms with van der Waals surface area (Å²) in [5, 5.41) is 4.43. The largest absolute Gasteiger partial charge is 0.349 e. The zero-order valence-corrected chi connectivity index (χ0v) is 11.5. The Morgan fingerprint density at radius 2 is 2.17 bits per heavy atom. The summed E-state index contributed by atoms with van der Waals surface area (Å²) >= 11 is 5.86. The molecule has 0 aliphatic carbocycles. The van der Waals surface area contributed by atoms with Crippen molar-refractivity contribution < 1.29 is 4.79 Å². The number of nitrogens with zero attached hydrogens (tertiary/aromatic N) is 1. The van der Waals surface area contributed by atoms with Crippen molar-refractivity contribution in [2.45, 2.75) is 18.2 Å².